The minimum absolute atomic E-state index is 0.0702. The van der Waals surface area contributed by atoms with Crippen LogP contribution in [0.2, 0.25) is 0 Å². The monoisotopic (exact) mass is 459 g/mol. The van der Waals surface area contributed by atoms with Crippen LogP contribution in [0, 0.1) is 10.1 Å². The predicted octanol–water partition coefficient (Wildman–Crippen LogP) is 4.07. The molecule has 31 heavy (non-hydrogen) atoms. The van der Waals surface area contributed by atoms with Crippen molar-refractivity contribution in [2.75, 3.05) is 5.43 Å². The molecule has 0 spiro atoms. The number of carbonyl (C=O) groups is 2. The largest absolute Gasteiger partial charge is 0.479 e. The number of ether oxygens (including phenoxy) is 1. The Morgan fingerprint density at radius 1 is 1.32 bits per heavy atom. The van der Waals surface area contributed by atoms with Gasteiger partial charge in [-0.3, -0.25) is 20.3 Å². The number of hydrogen-bond acceptors (Lipinski definition) is 8. The summed E-state index contributed by atoms with van der Waals surface area (Å²) in [4.78, 5) is 34.7. The lowest BCUT2D eigenvalue weighted by atomic mass is 10.1. The van der Waals surface area contributed by atoms with Crippen LogP contribution in [-0.4, -0.2) is 37.3 Å². The molecule has 1 aliphatic rings. The average molecular weight is 460 g/mol. The summed E-state index contributed by atoms with van der Waals surface area (Å²) in [7, 11) is 0. The fraction of sp³-hybridized carbons (Fsp3) is 0.150. The van der Waals surface area contributed by atoms with Crippen molar-refractivity contribution in [3.05, 3.63) is 69.1 Å². The molecular weight excluding hydrogens is 442 g/mol. The van der Waals surface area contributed by atoms with E-state index < -0.39 is 22.9 Å². The van der Waals surface area contributed by atoms with Crippen molar-refractivity contribution in [2.45, 2.75) is 19.4 Å². The molecule has 3 rings (SSSR count). The number of benzene rings is 2. The third-order valence-electron chi connectivity index (χ3n) is 4.23. The number of hydrogen-bond donors (Lipinski definition) is 2. The minimum Gasteiger partial charge on any atom is -0.479 e. The summed E-state index contributed by atoms with van der Waals surface area (Å²) < 4.78 is 5.85. The number of nitrogens with one attached hydrogen (secondary N) is 1. The first-order valence-electron chi connectivity index (χ1n) is 9.07. The average Bonchev–Trinajstić information content (AvgIpc) is 3.00. The summed E-state index contributed by atoms with van der Waals surface area (Å²) in [5.41, 5.74) is 3.77. The lowest BCUT2D eigenvalue weighted by Gasteiger charge is -2.17. The maximum Gasteiger partial charge on any atom is 0.344 e. The number of thioether (sulfide) groups is 1. The summed E-state index contributed by atoms with van der Waals surface area (Å²) in [6, 6.07) is 12.4. The van der Waals surface area contributed by atoms with Gasteiger partial charge in [-0.05, 0) is 42.9 Å². The summed E-state index contributed by atoms with van der Waals surface area (Å²) in [5, 5.41) is 21.2. The number of nitro benzene ring substituents is 1. The number of carboxylic acids is 1. The summed E-state index contributed by atoms with van der Waals surface area (Å²) in [6.07, 6.45) is 0.860. The number of carboxylic acid groups (broad SMARTS) is 1. The Morgan fingerprint density at radius 2 is 2.00 bits per heavy atom. The molecule has 1 amide bonds. The molecule has 0 aromatic heterocycles. The van der Waals surface area contributed by atoms with Crippen molar-refractivity contribution in [3.8, 4) is 5.75 Å². The van der Waals surface area contributed by atoms with Crippen LogP contribution in [0.15, 0.2) is 53.4 Å². The molecule has 11 heteroatoms. The summed E-state index contributed by atoms with van der Waals surface area (Å²) in [6.45, 7) is 1.70. The quantitative estimate of drug-likeness (QED) is 0.260. The zero-order valence-corrected chi connectivity index (χ0v) is 17.8. The van der Waals surface area contributed by atoms with Gasteiger partial charge in [-0.2, -0.15) is 0 Å². The number of thiocarbonyl (C=S) groups is 1. The fourth-order valence-electron chi connectivity index (χ4n) is 2.66. The molecule has 1 atom stereocenters. The number of para-hydroxylation sites is 1. The molecule has 0 aliphatic carbocycles. The van der Waals surface area contributed by atoms with Crippen molar-refractivity contribution >= 4 is 57.6 Å². The normalized spacial score (nSPS) is 15.8. The Kier molecular flexibility index (Phi) is 6.88. The van der Waals surface area contributed by atoms with Crippen molar-refractivity contribution in [2.24, 2.45) is 0 Å². The van der Waals surface area contributed by atoms with Crippen molar-refractivity contribution < 1.29 is 24.4 Å². The molecule has 2 aromatic rings. The van der Waals surface area contributed by atoms with Crippen molar-refractivity contribution in [1.82, 2.24) is 5.01 Å². The van der Waals surface area contributed by atoms with Crippen LogP contribution in [-0.2, 0) is 9.59 Å². The van der Waals surface area contributed by atoms with Gasteiger partial charge in [-0.15, -0.1) is 0 Å². The van der Waals surface area contributed by atoms with E-state index in [9.17, 15) is 24.8 Å². The Hall–Kier alpha value is -3.44. The van der Waals surface area contributed by atoms with Gasteiger partial charge < -0.3 is 9.84 Å². The number of anilines is 1. The van der Waals surface area contributed by atoms with Crippen molar-refractivity contribution in [1.29, 1.82) is 0 Å². The maximum atomic E-state index is 12.8. The van der Waals surface area contributed by atoms with E-state index in [1.54, 1.807) is 37.3 Å². The van der Waals surface area contributed by atoms with E-state index in [2.05, 4.69) is 5.43 Å². The molecule has 1 heterocycles. The Bertz CT molecular complexity index is 1070. The van der Waals surface area contributed by atoms with Crippen molar-refractivity contribution in [3.63, 3.8) is 0 Å². The second-order valence-electron chi connectivity index (χ2n) is 6.32. The molecule has 1 fully saturated rings. The molecule has 1 saturated heterocycles. The molecule has 9 nitrogen and oxygen atoms in total. The van der Waals surface area contributed by atoms with E-state index in [0.29, 0.717) is 21.9 Å². The lowest BCUT2D eigenvalue weighted by molar-refractivity contribution is -0.384. The Balaban J connectivity index is 1.80. The first kappa shape index (κ1) is 22.2. The van der Waals surface area contributed by atoms with Crippen LogP contribution >= 0.6 is 24.0 Å². The number of carbonyl (C=O) groups excluding carboxylic acids is 1. The van der Waals surface area contributed by atoms with Crippen LogP contribution < -0.4 is 10.2 Å². The van der Waals surface area contributed by atoms with E-state index in [1.165, 1.54) is 29.3 Å². The van der Waals surface area contributed by atoms with E-state index in [0.717, 1.165) is 11.8 Å². The highest BCUT2D eigenvalue weighted by molar-refractivity contribution is 8.26. The van der Waals surface area contributed by atoms with Gasteiger partial charge in [0.15, 0.2) is 10.4 Å². The zero-order chi connectivity index (χ0) is 22.5. The van der Waals surface area contributed by atoms with E-state index >= 15 is 0 Å². The summed E-state index contributed by atoms with van der Waals surface area (Å²) in [5.74, 6) is -1.14. The summed E-state index contributed by atoms with van der Waals surface area (Å²) >= 11 is 6.35. The van der Waals surface area contributed by atoms with E-state index in [1.807, 2.05) is 0 Å². The molecule has 2 aromatic carbocycles. The SMILES string of the molecule is CCC(Oc1ccccc1/C=C1/SC(=S)N(Nc2ccc([N+](=O)[O-])cc2)C1=O)C(=O)O. The van der Waals surface area contributed by atoms with Crippen LogP contribution in [0.4, 0.5) is 11.4 Å². The first-order valence-corrected chi connectivity index (χ1v) is 10.3. The van der Waals surface area contributed by atoms with Crippen LogP contribution in [0.3, 0.4) is 0 Å². The second-order valence-corrected chi connectivity index (χ2v) is 8.00. The molecule has 0 radical (unpaired) electrons. The molecular formula is C20H17N3O6S2. The van der Waals surface area contributed by atoms with Gasteiger partial charge in [0, 0.05) is 17.7 Å². The maximum absolute atomic E-state index is 12.8. The van der Waals surface area contributed by atoms with E-state index in [4.69, 9.17) is 17.0 Å². The van der Waals surface area contributed by atoms with Gasteiger partial charge in [0.2, 0.25) is 0 Å². The smallest absolute Gasteiger partial charge is 0.344 e. The number of aliphatic carboxylic acids is 1. The lowest BCUT2D eigenvalue weighted by Crippen LogP contribution is -2.33. The zero-order valence-electron chi connectivity index (χ0n) is 16.2. The third kappa shape index (κ3) is 5.19. The number of hydrazine groups is 1. The minimum atomic E-state index is -1.07. The fourth-order valence-corrected chi connectivity index (χ4v) is 3.83. The standard InChI is InChI=1S/C20H17N3O6S2/c1-2-15(19(25)26)29-16-6-4-3-5-12(16)11-17-18(24)22(20(30)31-17)21-13-7-9-14(10-8-13)23(27)28/h3-11,15,21H,2H2,1H3,(H,25,26)/b17-11+. The van der Waals surface area contributed by atoms with Crippen LogP contribution in [0.25, 0.3) is 6.08 Å². The number of nitrogens with zero attached hydrogens (tertiary/aromatic N) is 2. The van der Waals surface area contributed by atoms with Gasteiger partial charge in [0.05, 0.1) is 15.5 Å². The number of rotatable bonds is 8. The second kappa shape index (κ2) is 9.58. The number of non-ortho nitro benzene ring substituents is 1. The van der Waals surface area contributed by atoms with Crippen LogP contribution in [0.1, 0.15) is 18.9 Å². The van der Waals surface area contributed by atoms with Gasteiger partial charge in [0.25, 0.3) is 11.6 Å². The highest BCUT2D eigenvalue weighted by Gasteiger charge is 2.33. The molecule has 0 bridgehead atoms. The van der Waals surface area contributed by atoms with E-state index in [-0.39, 0.29) is 16.4 Å². The molecule has 2 N–H and O–H groups in total. The number of nitro groups is 1. The Morgan fingerprint density at radius 3 is 2.61 bits per heavy atom. The van der Waals surface area contributed by atoms with Gasteiger partial charge in [-0.25, -0.2) is 9.80 Å². The predicted molar refractivity (Wildman–Crippen MR) is 121 cm³/mol. The highest BCUT2D eigenvalue weighted by Crippen LogP contribution is 2.34. The molecule has 1 aliphatic heterocycles. The topological polar surface area (TPSA) is 122 Å². The molecule has 1 unspecified atom stereocenters. The molecule has 160 valence electrons. The first-order chi connectivity index (χ1) is 14.8. The third-order valence-corrected chi connectivity index (χ3v) is 5.54. The molecule has 0 saturated carbocycles. The Labute approximate surface area is 186 Å². The van der Waals surface area contributed by atoms with Gasteiger partial charge in [-0.1, -0.05) is 36.9 Å². The highest BCUT2D eigenvalue weighted by atomic mass is 32.2. The number of amides is 1. The van der Waals surface area contributed by atoms with Gasteiger partial charge >= 0.3 is 5.97 Å². The van der Waals surface area contributed by atoms with Gasteiger partial charge in [0.1, 0.15) is 5.75 Å². The van der Waals surface area contributed by atoms with Crippen LogP contribution in [0.5, 0.6) is 5.75 Å².